The van der Waals surface area contributed by atoms with Crippen molar-refractivity contribution in [1.82, 2.24) is 0 Å². The lowest BCUT2D eigenvalue weighted by Crippen LogP contribution is -2.10. The van der Waals surface area contributed by atoms with Crippen LogP contribution < -0.4 is 4.74 Å². The van der Waals surface area contributed by atoms with Crippen LogP contribution in [-0.4, -0.2) is 33.5 Å². The van der Waals surface area contributed by atoms with Crippen molar-refractivity contribution < 1.29 is 14.2 Å². The number of methoxy groups -OCH3 is 1. The second-order valence-corrected chi connectivity index (χ2v) is 3.36. The monoisotopic (exact) mass is 246 g/mol. The maximum absolute atomic E-state index is 8.97. The predicted octanol–water partition coefficient (Wildman–Crippen LogP) is 1.47. The van der Waals surface area contributed by atoms with Gasteiger partial charge in [-0.2, -0.15) is 10.5 Å². The predicted molar refractivity (Wildman–Crippen MR) is 64.1 cm³/mol. The number of nitrogens with zero attached hydrogens (tertiary/aromatic N) is 2. The molecule has 0 atom stereocenters. The van der Waals surface area contributed by atoms with E-state index in [2.05, 4.69) is 0 Å². The fourth-order valence-electron chi connectivity index (χ4n) is 1.31. The first kappa shape index (κ1) is 14.0. The number of benzene rings is 1. The van der Waals surface area contributed by atoms with Crippen LogP contribution in [0.2, 0.25) is 0 Å². The zero-order valence-electron chi connectivity index (χ0n) is 10.2. The van der Waals surface area contributed by atoms with Crippen molar-refractivity contribution in [3.8, 4) is 17.9 Å². The molecular weight excluding hydrogens is 232 g/mol. The van der Waals surface area contributed by atoms with Crippen molar-refractivity contribution in [2.45, 2.75) is 0 Å². The van der Waals surface area contributed by atoms with Gasteiger partial charge in [0.2, 0.25) is 0 Å². The Labute approximate surface area is 106 Å². The largest absolute Gasteiger partial charge is 0.490 e. The van der Waals surface area contributed by atoms with Crippen LogP contribution in [0, 0.1) is 22.7 Å². The van der Waals surface area contributed by atoms with Gasteiger partial charge < -0.3 is 14.2 Å². The molecule has 0 saturated heterocycles. The molecule has 0 radical (unpaired) electrons. The van der Waals surface area contributed by atoms with Gasteiger partial charge in [0.05, 0.1) is 25.4 Å². The molecule has 0 fully saturated rings. The molecule has 0 N–H and O–H groups in total. The molecule has 0 bridgehead atoms. The van der Waals surface area contributed by atoms with E-state index in [0.717, 1.165) is 0 Å². The first-order valence-electron chi connectivity index (χ1n) is 5.46. The normalized spacial score (nSPS) is 9.50. The molecule has 0 aliphatic carbocycles. The van der Waals surface area contributed by atoms with E-state index in [0.29, 0.717) is 37.7 Å². The molecule has 0 spiro atoms. The van der Waals surface area contributed by atoms with E-state index in [1.165, 1.54) is 0 Å². The highest BCUT2D eigenvalue weighted by Crippen LogP contribution is 2.20. The first-order valence-corrected chi connectivity index (χ1v) is 5.46. The zero-order valence-corrected chi connectivity index (χ0v) is 10.2. The molecule has 0 heterocycles. The van der Waals surface area contributed by atoms with Crippen LogP contribution in [0.25, 0.3) is 0 Å². The van der Waals surface area contributed by atoms with Crippen molar-refractivity contribution in [3.63, 3.8) is 0 Å². The van der Waals surface area contributed by atoms with Gasteiger partial charge in [0.25, 0.3) is 0 Å². The van der Waals surface area contributed by atoms with Gasteiger partial charge in [-0.25, -0.2) is 0 Å². The standard InChI is InChI=1S/C13H14N2O3/c1-16-5-6-17-7-8-18-13-4-2-3-11(9-14)12(13)10-15/h2-4H,5-8H2,1H3. The average molecular weight is 246 g/mol. The van der Waals surface area contributed by atoms with E-state index >= 15 is 0 Å². The molecule has 0 saturated carbocycles. The Morgan fingerprint density at radius 2 is 1.83 bits per heavy atom. The SMILES string of the molecule is COCCOCCOc1cccc(C#N)c1C#N. The minimum absolute atomic E-state index is 0.261. The van der Waals surface area contributed by atoms with Crippen molar-refractivity contribution in [1.29, 1.82) is 10.5 Å². The molecule has 0 unspecified atom stereocenters. The van der Waals surface area contributed by atoms with Gasteiger partial charge in [0.1, 0.15) is 30.1 Å². The number of hydrogen-bond acceptors (Lipinski definition) is 5. The molecule has 5 nitrogen and oxygen atoms in total. The highest BCUT2D eigenvalue weighted by atomic mass is 16.5. The molecular formula is C13H14N2O3. The smallest absolute Gasteiger partial charge is 0.138 e. The fourth-order valence-corrected chi connectivity index (χ4v) is 1.31. The number of rotatable bonds is 7. The van der Waals surface area contributed by atoms with Crippen LogP contribution >= 0.6 is 0 Å². The summed E-state index contributed by atoms with van der Waals surface area (Å²) >= 11 is 0. The Morgan fingerprint density at radius 3 is 2.50 bits per heavy atom. The molecule has 1 rings (SSSR count). The van der Waals surface area contributed by atoms with Gasteiger partial charge in [0.15, 0.2) is 0 Å². The van der Waals surface area contributed by atoms with Crippen LogP contribution in [-0.2, 0) is 9.47 Å². The molecule has 0 aliphatic rings. The van der Waals surface area contributed by atoms with Crippen LogP contribution in [0.15, 0.2) is 18.2 Å². The fraction of sp³-hybridized carbons (Fsp3) is 0.385. The van der Waals surface area contributed by atoms with Gasteiger partial charge in [-0.3, -0.25) is 0 Å². The molecule has 18 heavy (non-hydrogen) atoms. The molecule has 0 aromatic heterocycles. The Kier molecular flexibility index (Phi) is 6.27. The molecule has 1 aromatic carbocycles. The topological polar surface area (TPSA) is 75.3 Å². The zero-order chi connectivity index (χ0) is 13.2. The van der Waals surface area contributed by atoms with Gasteiger partial charge in [0, 0.05) is 7.11 Å². The lowest BCUT2D eigenvalue weighted by atomic mass is 10.1. The maximum Gasteiger partial charge on any atom is 0.138 e. The molecule has 94 valence electrons. The van der Waals surface area contributed by atoms with Crippen molar-refractivity contribution in [2.75, 3.05) is 33.5 Å². The van der Waals surface area contributed by atoms with Crippen LogP contribution in [0.3, 0.4) is 0 Å². The molecule has 5 heteroatoms. The minimum Gasteiger partial charge on any atom is -0.490 e. The highest BCUT2D eigenvalue weighted by Gasteiger charge is 2.08. The van der Waals surface area contributed by atoms with E-state index in [1.54, 1.807) is 25.3 Å². The summed E-state index contributed by atoms with van der Waals surface area (Å²) < 4.78 is 15.5. The summed E-state index contributed by atoms with van der Waals surface area (Å²) in [6.45, 7) is 1.77. The lowest BCUT2D eigenvalue weighted by Gasteiger charge is -2.08. The number of ether oxygens (including phenoxy) is 3. The summed E-state index contributed by atoms with van der Waals surface area (Å²) in [6.07, 6.45) is 0. The summed E-state index contributed by atoms with van der Waals surface area (Å²) in [5.74, 6) is 0.409. The first-order chi connectivity index (χ1) is 8.83. The Morgan fingerprint density at radius 1 is 1.06 bits per heavy atom. The lowest BCUT2D eigenvalue weighted by molar-refractivity contribution is 0.0544. The van der Waals surface area contributed by atoms with Gasteiger partial charge in [-0.15, -0.1) is 0 Å². The van der Waals surface area contributed by atoms with Crippen molar-refractivity contribution in [2.24, 2.45) is 0 Å². The van der Waals surface area contributed by atoms with Gasteiger partial charge in [-0.1, -0.05) is 6.07 Å². The summed E-state index contributed by atoms with van der Waals surface area (Å²) in [4.78, 5) is 0. The van der Waals surface area contributed by atoms with Gasteiger partial charge >= 0.3 is 0 Å². The van der Waals surface area contributed by atoms with Crippen LogP contribution in [0.1, 0.15) is 11.1 Å². The maximum atomic E-state index is 8.97. The molecule has 0 aliphatic heterocycles. The summed E-state index contributed by atoms with van der Waals surface area (Å²) in [5.41, 5.74) is 0.576. The van der Waals surface area contributed by atoms with Crippen LogP contribution in [0.5, 0.6) is 5.75 Å². The Hall–Kier alpha value is -2.08. The Balaban J connectivity index is 2.48. The minimum atomic E-state index is 0.261. The van der Waals surface area contributed by atoms with E-state index in [4.69, 9.17) is 24.7 Å². The van der Waals surface area contributed by atoms with Crippen LogP contribution in [0.4, 0.5) is 0 Å². The quantitative estimate of drug-likeness (QED) is 0.681. The molecule has 1 aromatic rings. The van der Waals surface area contributed by atoms with Crippen molar-refractivity contribution >= 4 is 0 Å². The number of hydrogen-bond donors (Lipinski definition) is 0. The Bertz CT molecular complexity index is 460. The summed E-state index contributed by atoms with van der Waals surface area (Å²) in [5, 5.41) is 17.8. The summed E-state index contributed by atoms with van der Waals surface area (Å²) in [7, 11) is 1.60. The third-order valence-corrected chi connectivity index (χ3v) is 2.18. The van der Waals surface area contributed by atoms with E-state index < -0.39 is 0 Å². The average Bonchev–Trinajstić information content (AvgIpc) is 2.42. The number of nitriles is 2. The van der Waals surface area contributed by atoms with Crippen molar-refractivity contribution in [3.05, 3.63) is 29.3 Å². The van der Waals surface area contributed by atoms with E-state index in [-0.39, 0.29) is 5.56 Å². The summed E-state index contributed by atoms with van der Waals surface area (Å²) in [6, 6.07) is 8.85. The van der Waals surface area contributed by atoms with E-state index in [1.807, 2.05) is 12.1 Å². The van der Waals surface area contributed by atoms with E-state index in [9.17, 15) is 0 Å². The van der Waals surface area contributed by atoms with Gasteiger partial charge in [-0.05, 0) is 12.1 Å². The molecule has 0 amide bonds. The second kappa shape index (κ2) is 8.08. The third kappa shape index (κ3) is 4.06. The third-order valence-electron chi connectivity index (χ3n) is 2.18. The highest BCUT2D eigenvalue weighted by molar-refractivity contribution is 5.53. The second-order valence-electron chi connectivity index (χ2n) is 3.36.